The predicted octanol–water partition coefficient (Wildman–Crippen LogP) is 2.83. The second-order valence-electron chi connectivity index (χ2n) is 14.6. The summed E-state index contributed by atoms with van der Waals surface area (Å²) < 4.78 is 9.14. The van der Waals surface area contributed by atoms with Crippen LogP contribution in [0.4, 0.5) is 0 Å². The molecule has 3 heterocycles. The van der Waals surface area contributed by atoms with Gasteiger partial charge in [-0.05, 0) is 47.5 Å². The lowest BCUT2D eigenvalue weighted by molar-refractivity contribution is 0.666. The first-order valence-electron chi connectivity index (χ1n) is 18.8. The number of fused-ring (bicyclic) bond motifs is 6. The third-order valence-corrected chi connectivity index (χ3v) is 11.6. The van der Waals surface area contributed by atoms with E-state index in [0.29, 0.717) is 17.5 Å². The van der Waals surface area contributed by atoms with Gasteiger partial charge in [-0.15, -0.1) is 16.4 Å². The molecule has 0 saturated heterocycles. The average molecular weight is 700 g/mol. The molecule has 7 aromatic carbocycles. The molecule has 0 N–H and O–H groups in total. The molecule has 10 aromatic rings. The molecule has 55 heavy (non-hydrogen) atoms. The van der Waals surface area contributed by atoms with Crippen molar-refractivity contribution in [2.75, 3.05) is 0 Å². The molecule has 5 nitrogen and oxygen atoms in total. The minimum Gasteiger partial charge on any atom is -0.454 e. The van der Waals surface area contributed by atoms with E-state index in [1.807, 2.05) is 30.3 Å². The highest BCUT2D eigenvalue weighted by Crippen LogP contribution is 2.39. The molecule has 0 aliphatic heterocycles. The Hall–Kier alpha value is -6.53. The van der Waals surface area contributed by atoms with Gasteiger partial charge in [-0.25, -0.2) is 15.0 Å². The Morgan fingerprint density at radius 2 is 0.909 bits per heavy atom. The molecule has 254 valence electrons. The zero-order valence-corrected chi connectivity index (χ0v) is 31.5. The summed E-state index contributed by atoms with van der Waals surface area (Å²) in [5.41, 5.74) is 16.7. The third-order valence-electron chi connectivity index (χ3n) is 11.6. The summed E-state index contributed by atoms with van der Waals surface area (Å²) in [5.74, 6) is 1.84. The van der Waals surface area contributed by atoms with Crippen LogP contribution in [0.15, 0.2) is 144 Å². The molecular weight excluding hydrogens is 667 g/mol. The molecule has 0 fully saturated rings. The van der Waals surface area contributed by atoms with Gasteiger partial charge in [0.15, 0.2) is 23.1 Å². The average Bonchev–Trinajstić information content (AvgIpc) is 3.78. The van der Waals surface area contributed by atoms with E-state index in [2.05, 4.69) is 153 Å². The maximum Gasteiger partial charge on any atom is 0.164 e. The number of para-hydroxylation sites is 3. The fourth-order valence-electron chi connectivity index (χ4n) is 8.38. The van der Waals surface area contributed by atoms with Gasteiger partial charge in [0.1, 0.15) is 44.8 Å². The van der Waals surface area contributed by atoms with Gasteiger partial charge in [-0.2, -0.15) is 0 Å². The number of benzene rings is 7. The summed E-state index contributed by atoms with van der Waals surface area (Å²) in [7, 11) is 11.1. The normalized spacial score (nSPS) is 11.6. The second kappa shape index (κ2) is 12.8. The standard InChI is InChI=1S/C45H33B5N4O/c46-37-36(38(47)40(49)41(50)39(37)48)25-12-8-13-26(22-25)44-51-43(24-10-2-1-3-11-24)52-45(53-44)27-20-21-30-31-16-9-19-34(42(31)55-35(30)23-27)54-32-17-6-4-14-28(32)29-15-5-7-18-33(29)54/h1-23H,46-50H2. The number of nitrogens with zero attached hydrogens (tertiary/aromatic N) is 4. The molecule has 0 amide bonds. The number of furan rings is 1. The van der Waals surface area contributed by atoms with Gasteiger partial charge in [-0.3, -0.25) is 0 Å². The molecule has 0 unspecified atom stereocenters. The van der Waals surface area contributed by atoms with E-state index in [0.717, 1.165) is 60.9 Å². The molecule has 0 radical (unpaired) electrons. The quantitative estimate of drug-likeness (QED) is 0.260. The minimum atomic E-state index is 0.591. The maximum atomic E-state index is 6.82. The molecule has 10 heteroatoms. The highest BCUT2D eigenvalue weighted by atomic mass is 16.3. The Bertz CT molecular complexity index is 3090. The van der Waals surface area contributed by atoms with Crippen LogP contribution >= 0.6 is 0 Å². The van der Waals surface area contributed by atoms with Crippen molar-refractivity contribution in [1.29, 1.82) is 0 Å². The van der Waals surface area contributed by atoms with Crippen molar-refractivity contribution in [3.63, 3.8) is 0 Å². The molecule has 0 saturated carbocycles. The van der Waals surface area contributed by atoms with Gasteiger partial charge in [0.05, 0.1) is 16.7 Å². The smallest absolute Gasteiger partial charge is 0.164 e. The predicted molar refractivity (Wildman–Crippen MR) is 244 cm³/mol. The molecule has 0 aliphatic rings. The highest BCUT2D eigenvalue weighted by molar-refractivity contribution is 6.68. The van der Waals surface area contributed by atoms with Crippen LogP contribution < -0.4 is 27.3 Å². The van der Waals surface area contributed by atoms with Crippen LogP contribution in [0.25, 0.3) is 94.7 Å². The summed E-state index contributed by atoms with van der Waals surface area (Å²) >= 11 is 0. The van der Waals surface area contributed by atoms with Crippen LogP contribution in [0.2, 0.25) is 0 Å². The van der Waals surface area contributed by atoms with Crippen LogP contribution in [0, 0.1) is 0 Å². The van der Waals surface area contributed by atoms with Gasteiger partial charge < -0.3 is 8.98 Å². The Labute approximate surface area is 323 Å². The van der Waals surface area contributed by atoms with E-state index in [1.54, 1.807) is 0 Å². The van der Waals surface area contributed by atoms with Gasteiger partial charge in [0, 0.05) is 38.2 Å². The minimum absolute atomic E-state index is 0.591. The summed E-state index contributed by atoms with van der Waals surface area (Å²) in [6.07, 6.45) is 0. The first-order chi connectivity index (χ1) is 26.9. The van der Waals surface area contributed by atoms with Gasteiger partial charge >= 0.3 is 0 Å². The highest BCUT2D eigenvalue weighted by Gasteiger charge is 2.20. The maximum absolute atomic E-state index is 6.82. The van der Waals surface area contributed by atoms with Crippen LogP contribution in [-0.4, -0.2) is 58.8 Å². The largest absolute Gasteiger partial charge is 0.454 e. The van der Waals surface area contributed by atoms with Crippen LogP contribution in [-0.2, 0) is 0 Å². The van der Waals surface area contributed by atoms with Crippen molar-refractivity contribution in [2.24, 2.45) is 0 Å². The molecule has 0 bridgehead atoms. The SMILES string of the molecule is Bc1c(B)c(B)c(-c2cccc(-c3nc(-c4ccccc4)nc(-c4ccc5c(c4)oc4c(-n6c7ccccc7c7ccccc76)cccc45)n3)c2)c(B)c1B. The van der Waals surface area contributed by atoms with E-state index in [9.17, 15) is 0 Å². The molecule has 3 aromatic heterocycles. The summed E-state index contributed by atoms with van der Waals surface area (Å²) in [5, 5.41) is 4.54. The number of aromatic nitrogens is 4. The Kier molecular flexibility index (Phi) is 7.70. The molecule has 0 aliphatic carbocycles. The van der Waals surface area contributed by atoms with Gasteiger partial charge in [0.2, 0.25) is 0 Å². The summed E-state index contributed by atoms with van der Waals surface area (Å²) in [6.45, 7) is 0. The monoisotopic (exact) mass is 700 g/mol. The Balaban J connectivity index is 1.14. The zero-order valence-electron chi connectivity index (χ0n) is 31.5. The van der Waals surface area contributed by atoms with Crippen molar-refractivity contribution < 1.29 is 4.42 Å². The van der Waals surface area contributed by atoms with E-state index >= 15 is 0 Å². The van der Waals surface area contributed by atoms with Crippen LogP contribution in [0.1, 0.15) is 0 Å². The van der Waals surface area contributed by atoms with E-state index in [1.165, 1.54) is 43.6 Å². The van der Waals surface area contributed by atoms with Crippen molar-refractivity contribution in [3.8, 4) is 51.0 Å². The number of hydrogen-bond donors (Lipinski definition) is 0. The zero-order chi connectivity index (χ0) is 37.4. The fourth-order valence-corrected chi connectivity index (χ4v) is 8.38. The topological polar surface area (TPSA) is 56.7 Å². The first-order valence-corrected chi connectivity index (χ1v) is 18.8. The third kappa shape index (κ3) is 5.27. The molecule has 0 atom stereocenters. The van der Waals surface area contributed by atoms with Gasteiger partial charge in [0.25, 0.3) is 0 Å². The lowest BCUT2D eigenvalue weighted by Gasteiger charge is -2.20. The van der Waals surface area contributed by atoms with Crippen molar-refractivity contribution >= 4 is 110 Å². The Morgan fingerprint density at radius 3 is 1.58 bits per heavy atom. The number of rotatable bonds is 5. The van der Waals surface area contributed by atoms with Crippen molar-refractivity contribution in [1.82, 2.24) is 19.5 Å². The van der Waals surface area contributed by atoms with Crippen LogP contribution in [0.3, 0.4) is 0 Å². The lowest BCUT2D eigenvalue weighted by atomic mass is 9.59. The molecule has 10 rings (SSSR count). The summed E-state index contributed by atoms with van der Waals surface area (Å²) in [4.78, 5) is 15.3. The van der Waals surface area contributed by atoms with E-state index in [4.69, 9.17) is 19.4 Å². The fraction of sp³-hybridized carbons (Fsp3) is 0. The molecular formula is C45H33B5N4O. The van der Waals surface area contributed by atoms with Crippen molar-refractivity contribution in [2.45, 2.75) is 0 Å². The van der Waals surface area contributed by atoms with Crippen LogP contribution in [0.5, 0.6) is 0 Å². The Morgan fingerprint density at radius 1 is 0.400 bits per heavy atom. The molecule has 0 spiro atoms. The van der Waals surface area contributed by atoms with Crippen molar-refractivity contribution in [3.05, 3.63) is 140 Å². The van der Waals surface area contributed by atoms with E-state index in [-0.39, 0.29) is 0 Å². The van der Waals surface area contributed by atoms with Gasteiger partial charge in [-0.1, -0.05) is 114 Å². The first kappa shape index (κ1) is 33.1. The lowest BCUT2D eigenvalue weighted by Crippen LogP contribution is -2.55. The second-order valence-corrected chi connectivity index (χ2v) is 14.6. The summed E-state index contributed by atoms with van der Waals surface area (Å²) in [6, 6.07) is 48.6. The number of hydrogen-bond acceptors (Lipinski definition) is 4. The van der Waals surface area contributed by atoms with E-state index < -0.39 is 0 Å².